The van der Waals surface area contributed by atoms with Crippen molar-refractivity contribution in [2.75, 3.05) is 0 Å². The Morgan fingerprint density at radius 2 is 1.97 bits per heavy atom. The number of aromatic hydroxyl groups is 1. The number of rotatable bonds is 6. The van der Waals surface area contributed by atoms with Crippen LogP contribution in [0.1, 0.15) is 24.4 Å². The van der Waals surface area contributed by atoms with Crippen molar-refractivity contribution in [2.24, 2.45) is 5.73 Å². The van der Waals surface area contributed by atoms with Crippen LogP contribution in [0.3, 0.4) is 0 Å². The van der Waals surface area contributed by atoms with Crippen molar-refractivity contribution in [1.82, 2.24) is 10.2 Å². The number of nitrogens with zero attached hydrogens (tertiary/aromatic N) is 1. The maximum absolute atomic E-state index is 12.6. The molecule has 1 unspecified atom stereocenters. The molecule has 5 N–H and O–H groups in total. The number of nitrogens with two attached hydrogens (primary N) is 1. The molecule has 0 aliphatic carbocycles. The summed E-state index contributed by atoms with van der Waals surface area (Å²) >= 11 is 5.69. The summed E-state index contributed by atoms with van der Waals surface area (Å²) in [5.41, 5.74) is -0.900. The van der Waals surface area contributed by atoms with E-state index in [1.165, 1.54) is 12.1 Å². The lowest BCUT2D eigenvalue weighted by Crippen LogP contribution is -2.72. The molecule has 16 heteroatoms. The van der Waals surface area contributed by atoms with Crippen LogP contribution in [0.4, 0.5) is 13.2 Å². The van der Waals surface area contributed by atoms with E-state index in [1.54, 1.807) is 0 Å². The molecule has 2 heterocycles. The number of hydrogen-bond acceptors (Lipinski definition) is 8. The number of nitrogens with one attached hydrogen (secondary N) is 1. The molecule has 1 saturated heterocycles. The van der Waals surface area contributed by atoms with Gasteiger partial charge in [0.1, 0.15) is 17.8 Å². The molecular formula is C17H15ClF3N3O8S. The SMILES string of the molecule is NC(C(=O)N[C@@H]1C(=O)N2C(C(=O)O)=C(OS(=O)(=O)C(F)(F)F)CC[C@@H]12)c1ccc(Cl)c(O)c1. The topological polar surface area (TPSA) is 176 Å². The molecule has 0 radical (unpaired) electrons. The molecule has 1 fully saturated rings. The lowest BCUT2D eigenvalue weighted by molar-refractivity contribution is -0.156. The van der Waals surface area contributed by atoms with Gasteiger partial charge in [0.25, 0.3) is 5.91 Å². The van der Waals surface area contributed by atoms with E-state index in [0.29, 0.717) is 4.90 Å². The van der Waals surface area contributed by atoms with E-state index in [1.807, 2.05) is 0 Å². The summed E-state index contributed by atoms with van der Waals surface area (Å²) in [6.07, 6.45) is -0.762. The number of carbonyl (C=O) groups excluding carboxylic acids is 2. The third-order valence-corrected chi connectivity index (χ3v) is 6.31. The average Bonchev–Trinajstić information content (AvgIpc) is 2.71. The van der Waals surface area contributed by atoms with Gasteiger partial charge in [-0.25, -0.2) is 4.79 Å². The van der Waals surface area contributed by atoms with Gasteiger partial charge in [-0.3, -0.25) is 14.5 Å². The Morgan fingerprint density at radius 3 is 2.52 bits per heavy atom. The summed E-state index contributed by atoms with van der Waals surface area (Å²) in [7, 11) is -6.15. The summed E-state index contributed by atoms with van der Waals surface area (Å²) in [6.45, 7) is 0. The first-order valence-corrected chi connectivity index (χ1v) is 10.8. The van der Waals surface area contributed by atoms with E-state index < -0.39 is 69.4 Å². The highest BCUT2D eigenvalue weighted by atomic mass is 35.5. The Hall–Kier alpha value is -3.04. The second kappa shape index (κ2) is 8.39. The number of halogens is 4. The fraction of sp³-hybridized carbons (Fsp3) is 0.353. The Labute approximate surface area is 188 Å². The van der Waals surface area contributed by atoms with Gasteiger partial charge < -0.3 is 25.4 Å². The van der Waals surface area contributed by atoms with Gasteiger partial charge in [-0.1, -0.05) is 17.7 Å². The smallest absolute Gasteiger partial charge is 0.506 e. The van der Waals surface area contributed by atoms with Gasteiger partial charge in [-0.2, -0.15) is 21.6 Å². The first-order chi connectivity index (χ1) is 15.2. The third kappa shape index (κ3) is 4.43. The molecule has 0 bridgehead atoms. The summed E-state index contributed by atoms with van der Waals surface area (Å²) in [5, 5.41) is 21.3. The Balaban J connectivity index is 1.79. The number of phenolic OH excluding ortho intramolecular Hbond substituents is 1. The van der Waals surface area contributed by atoms with Crippen molar-refractivity contribution < 1.29 is 50.4 Å². The zero-order valence-corrected chi connectivity index (χ0v) is 17.7. The monoisotopic (exact) mass is 513 g/mol. The Kier molecular flexibility index (Phi) is 6.25. The van der Waals surface area contributed by atoms with Gasteiger partial charge in [0, 0.05) is 6.42 Å². The molecule has 0 aromatic heterocycles. The van der Waals surface area contributed by atoms with Gasteiger partial charge >= 0.3 is 21.6 Å². The summed E-state index contributed by atoms with van der Waals surface area (Å²) in [5.74, 6) is -5.16. The minimum absolute atomic E-state index is 0.0110. The summed E-state index contributed by atoms with van der Waals surface area (Å²) < 4.78 is 64.3. The van der Waals surface area contributed by atoms with Crippen molar-refractivity contribution in [2.45, 2.75) is 36.5 Å². The van der Waals surface area contributed by atoms with E-state index >= 15 is 0 Å². The molecule has 0 saturated carbocycles. The largest absolute Gasteiger partial charge is 0.534 e. The maximum atomic E-state index is 12.6. The molecule has 1 aromatic rings. The number of fused-ring (bicyclic) bond motifs is 1. The van der Waals surface area contributed by atoms with E-state index in [-0.39, 0.29) is 22.8 Å². The predicted molar refractivity (Wildman–Crippen MR) is 103 cm³/mol. The Morgan fingerprint density at radius 1 is 1.33 bits per heavy atom. The molecule has 2 amide bonds. The van der Waals surface area contributed by atoms with Gasteiger partial charge in [0.15, 0.2) is 11.5 Å². The van der Waals surface area contributed by atoms with Crippen LogP contribution in [0.15, 0.2) is 29.7 Å². The van der Waals surface area contributed by atoms with Crippen LogP contribution in [-0.2, 0) is 28.7 Å². The molecule has 2 aliphatic heterocycles. The summed E-state index contributed by atoms with van der Waals surface area (Å²) in [6, 6.07) is 0.190. The number of amides is 2. The van der Waals surface area contributed by atoms with Gasteiger partial charge in [-0.15, -0.1) is 0 Å². The highest BCUT2D eigenvalue weighted by Crippen LogP contribution is 2.39. The molecule has 0 spiro atoms. The van der Waals surface area contributed by atoms with Crippen LogP contribution in [0.25, 0.3) is 0 Å². The number of allylic oxidation sites excluding steroid dienone is 1. The molecule has 1 aromatic carbocycles. The number of benzene rings is 1. The predicted octanol–water partition coefficient (Wildman–Crippen LogP) is 0.697. The number of phenols is 1. The molecule has 2 aliphatic rings. The van der Waals surface area contributed by atoms with Crippen LogP contribution in [0.5, 0.6) is 5.75 Å². The second-order valence-corrected chi connectivity index (χ2v) is 8.99. The zero-order chi connectivity index (χ0) is 24.9. The van der Waals surface area contributed by atoms with Gasteiger partial charge in [0.2, 0.25) is 5.91 Å². The van der Waals surface area contributed by atoms with E-state index in [2.05, 4.69) is 9.50 Å². The van der Waals surface area contributed by atoms with Crippen LogP contribution in [0, 0.1) is 0 Å². The van der Waals surface area contributed by atoms with Crippen LogP contribution in [0.2, 0.25) is 5.02 Å². The number of hydrogen-bond donors (Lipinski definition) is 4. The van der Waals surface area contributed by atoms with Crippen LogP contribution < -0.4 is 11.1 Å². The van der Waals surface area contributed by atoms with E-state index in [4.69, 9.17) is 17.3 Å². The van der Waals surface area contributed by atoms with Crippen molar-refractivity contribution in [3.63, 3.8) is 0 Å². The van der Waals surface area contributed by atoms with E-state index in [9.17, 15) is 46.2 Å². The molecule has 3 rings (SSSR count). The standard InChI is InChI=1S/C17H15ClF3N3O8S/c18-7-2-1-6(5-9(7)25)11(22)14(26)23-12-8-3-4-10(32-33(30,31)17(19,20)21)13(16(28)29)24(8)15(12)27/h1-2,5,8,11-12,25H,3-4,22H2,(H,23,26)(H,28,29)/t8-,11?,12-/m0/s1. The highest BCUT2D eigenvalue weighted by Gasteiger charge is 2.56. The quantitative estimate of drug-likeness (QED) is 0.242. The highest BCUT2D eigenvalue weighted by molar-refractivity contribution is 7.87. The molecule has 33 heavy (non-hydrogen) atoms. The first-order valence-electron chi connectivity index (χ1n) is 9.00. The average molecular weight is 514 g/mol. The lowest BCUT2D eigenvalue weighted by Gasteiger charge is -2.49. The molecule has 11 nitrogen and oxygen atoms in total. The van der Waals surface area contributed by atoms with Crippen molar-refractivity contribution >= 4 is 39.5 Å². The number of alkyl halides is 3. The first kappa shape index (κ1) is 24.6. The molecule has 180 valence electrons. The summed E-state index contributed by atoms with van der Waals surface area (Å²) in [4.78, 5) is 37.1. The van der Waals surface area contributed by atoms with Crippen LogP contribution >= 0.6 is 11.6 Å². The number of carbonyl (C=O) groups is 3. The minimum atomic E-state index is -6.15. The lowest BCUT2D eigenvalue weighted by atomic mass is 9.85. The normalized spacial score (nSPS) is 21.7. The Bertz CT molecular complexity index is 1170. The van der Waals surface area contributed by atoms with Gasteiger partial charge in [0.05, 0.1) is 11.1 Å². The number of β-lactam (4-membered cyclic amide) rings is 1. The zero-order valence-electron chi connectivity index (χ0n) is 16.2. The number of carboxylic acid groups (broad SMARTS) is 1. The van der Waals surface area contributed by atoms with Crippen molar-refractivity contribution in [3.05, 3.63) is 40.2 Å². The second-order valence-electron chi connectivity index (χ2n) is 7.05. The maximum Gasteiger partial charge on any atom is 0.534 e. The fourth-order valence-electron chi connectivity index (χ4n) is 3.41. The van der Waals surface area contributed by atoms with Gasteiger partial charge in [-0.05, 0) is 24.1 Å². The van der Waals surface area contributed by atoms with Crippen molar-refractivity contribution in [3.8, 4) is 5.75 Å². The molecular weight excluding hydrogens is 499 g/mol. The minimum Gasteiger partial charge on any atom is -0.506 e. The molecule has 3 atom stereocenters. The number of carboxylic acids is 1. The van der Waals surface area contributed by atoms with E-state index in [0.717, 1.165) is 6.07 Å². The number of aliphatic carboxylic acids is 1. The van der Waals surface area contributed by atoms with Crippen molar-refractivity contribution in [1.29, 1.82) is 0 Å². The fourth-order valence-corrected chi connectivity index (χ4v) is 4.05. The third-order valence-electron chi connectivity index (χ3n) is 5.00. The van der Waals surface area contributed by atoms with Crippen LogP contribution in [-0.4, -0.2) is 58.9 Å².